The van der Waals surface area contributed by atoms with Gasteiger partial charge in [0.1, 0.15) is 0 Å². The Labute approximate surface area is 94.2 Å². The Bertz CT molecular complexity index is 319. The molecule has 3 heteroatoms. The largest absolute Gasteiger partial charge is 0.330 e. The molecule has 1 aliphatic carbocycles. The summed E-state index contributed by atoms with van der Waals surface area (Å²) in [6.45, 7) is 0.684. The highest BCUT2D eigenvalue weighted by Crippen LogP contribution is 2.44. The summed E-state index contributed by atoms with van der Waals surface area (Å²) < 4.78 is 0. The van der Waals surface area contributed by atoms with Crippen LogP contribution in [0.2, 0.25) is 10.0 Å². The molecular weight excluding hydrogens is 217 g/mol. The predicted octanol–water partition coefficient (Wildman–Crippen LogP) is 3.37. The van der Waals surface area contributed by atoms with Gasteiger partial charge >= 0.3 is 0 Å². The van der Waals surface area contributed by atoms with Crippen LogP contribution in [0, 0.1) is 0 Å². The molecule has 0 unspecified atom stereocenters. The molecule has 2 rings (SSSR count). The molecule has 1 aliphatic rings. The molecule has 1 saturated carbocycles. The fraction of sp³-hybridized carbons (Fsp3) is 0.455. The third-order valence-corrected chi connectivity index (χ3v) is 3.61. The summed E-state index contributed by atoms with van der Waals surface area (Å²) in [7, 11) is 0. The molecule has 0 bridgehead atoms. The zero-order chi connectivity index (χ0) is 10.2. The predicted molar refractivity (Wildman–Crippen MR) is 61.0 cm³/mol. The van der Waals surface area contributed by atoms with Crippen molar-refractivity contribution >= 4 is 23.2 Å². The van der Waals surface area contributed by atoms with Gasteiger partial charge in [0.15, 0.2) is 0 Å². The molecule has 0 heterocycles. The number of halogens is 2. The van der Waals surface area contributed by atoms with Gasteiger partial charge in [0, 0.05) is 22.0 Å². The lowest BCUT2D eigenvalue weighted by Gasteiger charge is -2.41. The molecule has 0 radical (unpaired) electrons. The lowest BCUT2D eigenvalue weighted by atomic mass is 9.64. The number of benzene rings is 1. The van der Waals surface area contributed by atoms with Crippen molar-refractivity contribution in [3.63, 3.8) is 0 Å². The molecule has 14 heavy (non-hydrogen) atoms. The minimum Gasteiger partial charge on any atom is -0.330 e. The Morgan fingerprint density at radius 1 is 1.14 bits per heavy atom. The fourth-order valence-electron chi connectivity index (χ4n) is 2.07. The molecule has 0 atom stereocenters. The van der Waals surface area contributed by atoms with E-state index in [-0.39, 0.29) is 5.41 Å². The summed E-state index contributed by atoms with van der Waals surface area (Å²) in [6, 6.07) is 5.73. The van der Waals surface area contributed by atoms with Gasteiger partial charge in [0.25, 0.3) is 0 Å². The Morgan fingerprint density at radius 2 is 1.71 bits per heavy atom. The van der Waals surface area contributed by atoms with Crippen molar-refractivity contribution in [2.24, 2.45) is 5.73 Å². The molecule has 76 valence electrons. The normalized spacial score (nSPS) is 19.1. The summed E-state index contributed by atoms with van der Waals surface area (Å²) >= 11 is 11.9. The molecule has 1 aromatic rings. The molecule has 0 aliphatic heterocycles. The van der Waals surface area contributed by atoms with Crippen LogP contribution in [0.25, 0.3) is 0 Å². The van der Waals surface area contributed by atoms with E-state index in [1.165, 1.54) is 12.0 Å². The first-order valence-electron chi connectivity index (χ1n) is 4.83. The molecule has 0 saturated heterocycles. The molecular formula is C11H13Cl2N. The smallest absolute Gasteiger partial charge is 0.0423 e. The topological polar surface area (TPSA) is 26.0 Å². The van der Waals surface area contributed by atoms with Crippen molar-refractivity contribution < 1.29 is 0 Å². The molecule has 0 spiro atoms. The Morgan fingerprint density at radius 3 is 2.07 bits per heavy atom. The highest BCUT2D eigenvalue weighted by Gasteiger charge is 2.37. The van der Waals surface area contributed by atoms with Gasteiger partial charge in [0.2, 0.25) is 0 Å². The second-order valence-electron chi connectivity index (χ2n) is 4.00. The van der Waals surface area contributed by atoms with Crippen LogP contribution in [0.15, 0.2) is 18.2 Å². The quantitative estimate of drug-likeness (QED) is 0.828. The van der Waals surface area contributed by atoms with Crippen molar-refractivity contribution in [1.29, 1.82) is 0 Å². The summed E-state index contributed by atoms with van der Waals surface area (Å²) in [5.41, 5.74) is 7.16. The maximum Gasteiger partial charge on any atom is 0.0423 e. The van der Waals surface area contributed by atoms with E-state index in [9.17, 15) is 0 Å². The molecule has 0 aromatic heterocycles. The minimum atomic E-state index is 0.147. The first kappa shape index (κ1) is 10.3. The van der Waals surface area contributed by atoms with E-state index >= 15 is 0 Å². The van der Waals surface area contributed by atoms with Crippen molar-refractivity contribution in [3.05, 3.63) is 33.8 Å². The van der Waals surface area contributed by atoms with Gasteiger partial charge in [-0.1, -0.05) is 29.6 Å². The lowest BCUT2D eigenvalue weighted by Crippen LogP contribution is -2.41. The standard InChI is InChI=1S/C11H13Cl2N/c12-9-4-8(5-10(13)6-9)11(7-14)2-1-3-11/h4-6H,1-3,7,14H2. The van der Waals surface area contributed by atoms with Crippen LogP contribution in [0.1, 0.15) is 24.8 Å². The molecule has 1 nitrogen and oxygen atoms in total. The van der Waals surface area contributed by atoms with Crippen LogP contribution in [0.3, 0.4) is 0 Å². The van der Waals surface area contributed by atoms with Gasteiger partial charge in [-0.15, -0.1) is 0 Å². The highest BCUT2D eigenvalue weighted by molar-refractivity contribution is 6.34. The monoisotopic (exact) mass is 229 g/mol. The zero-order valence-electron chi connectivity index (χ0n) is 7.89. The van der Waals surface area contributed by atoms with E-state index in [0.29, 0.717) is 16.6 Å². The fourth-order valence-corrected chi connectivity index (χ4v) is 2.60. The van der Waals surface area contributed by atoms with E-state index in [1.807, 2.05) is 12.1 Å². The second kappa shape index (κ2) is 3.73. The maximum absolute atomic E-state index is 5.97. The Balaban J connectivity index is 2.39. The molecule has 2 N–H and O–H groups in total. The molecule has 1 aromatic carbocycles. The number of hydrogen-bond acceptors (Lipinski definition) is 1. The summed E-state index contributed by atoms with van der Waals surface area (Å²) in [4.78, 5) is 0. The average Bonchev–Trinajstić information content (AvgIpc) is 2.01. The minimum absolute atomic E-state index is 0.147. The van der Waals surface area contributed by atoms with Gasteiger partial charge in [-0.3, -0.25) is 0 Å². The average molecular weight is 230 g/mol. The SMILES string of the molecule is NCC1(c2cc(Cl)cc(Cl)c2)CCC1. The first-order chi connectivity index (χ1) is 6.66. The second-order valence-corrected chi connectivity index (χ2v) is 4.87. The van der Waals surface area contributed by atoms with Gasteiger partial charge in [0.05, 0.1) is 0 Å². The van der Waals surface area contributed by atoms with Crippen molar-refractivity contribution in [3.8, 4) is 0 Å². The Kier molecular flexibility index (Phi) is 2.74. The zero-order valence-corrected chi connectivity index (χ0v) is 9.41. The van der Waals surface area contributed by atoms with Gasteiger partial charge in [-0.25, -0.2) is 0 Å². The van der Waals surface area contributed by atoms with E-state index in [1.54, 1.807) is 6.07 Å². The van der Waals surface area contributed by atoms with E-state index < -0.39 is 0 Å². The van der Waals surface area contributed by atoms with Crippen LogP contribution in [0.4, 0.5) is 0 Å². The number of hydrogen-bond donors (Lipinski definition) is 1. The van der Waals surface area contributed by atoms with Crippen LogP contribution >= 0.6 is 23.2 Å². The van der Waals surface area contributed by atoms with Crippen molar-refractivity contribution in [2.45, 2.75) is 24.7 Å². The van der Waals surface area contributed by atoms with E-state index in [2.05, 4.69) is 0 Å². The van der Waals surface area contributed by atoms with Crippen LogP contribution in [-0.2, 0) is 5.41 Å². The summed E-state index contributed by atoms with van der Waals surface area (Å²) in [5.74, 6) is 0. The number of rotatable bonds is 2. The van der Waals surface area contributed by atoms with Crippen LogP contribution < -0.4 is 5.73 Å². The van der Waals surface area contributed by atoms with Crippen LogP contribution in [-0.4, -0.2) is 6.54 Å². The van der Waals surface area contributed by atoms with Crippen molar-refractivity contribution in [2.75, 3.05) is 6.54 Å². The van der Waals surface area contributed by atoms with Gasteiger partial charge in [-0.2, -0.15) is 0 Å². The molecule has 1 fully saturated rings. The van der Waals surface area contributed by atoms with Crippen molar-refractivity contribution in [1.82, 2.24) is 0 Å². The highest BCUT2D eigenvalue weighted by atomic mass is 35.5. The number of nitrogens with two attached hydrogens (primary N) is 1. The van der Waals surface area contributed by atoms with Crippen LogP contribution in [0.5, 0.6) is 0 Å². The summed E-state index contributed by atoms with van der Waals surface area (Å²) in [5, 5.41) is 1.40. The van der Waals surface area contributed by atoms with Gasteiger partial charge in [-0.05, 0) is 36.6 Å². The Hall–Kier alpha value is -0.240. The summed E-state index contributed by atoms with van der Waals surface area (Å²) in [6.07, 6.45) is 3.56. The molecule has 0 amide bonds. The van der Waals surface area contributed by atoms with E-state index in [0.717, 1.165) is 12.8 Å². The third-order valence-electron chi connectivity index (χ3n) is 3.18. The third kappa shape index (κ3) is 1.65. The maximum atomic E-state index is 5.97. The van der Waals surface area contributed by atoms with Gasteiger partial charge < -0.3 is 5.73 Å². The van der Waals surface area contributed by atoms with E-state index in [4.69, 9.17) is 28.9 Å². The lowest BCUT2D eigenvalue weighted by molar-refractivity contribution is 0.253. The first-order valence-corrected chi connectivity index (χ1v) is 5.58.